The molecule has 0 aromatic rings. The Labute approximate surface area is 361 Å². The normalized spacial score (nSPS) is 15.6. The molecule has 9 amide bonds. The number of nitrogens with one attached hydrogen (secondary N) is 10. The Morgan fingerprint density at radius 1 is 0.524 bits per heavy atom. The lowest BCUT2D eigenvalue weighted by Crippen LogP contribution is -2.61. The number of guanidine groups is 1. The Morgan fingerprint density at radius 3 is 1.38 bits per heavy atom. The fraction of sp³-hybridized carbons (Fsp3) is 0.657. The molecule has 63 heavy (non-hydrogen) atoms. The minimum Gasteiger partial charge on any atom is -0.481 e. The number of aliphatic hydroxyl groups excluding tert-OH is 2. The largest absolute Gasteiger partial charge is 0.481 e. The van der Waals surface area contributed by atoms with Crippen molar-refractivity contribution in [1.82, 2.24) is 47.9 Å². The van der Waals surface area contributed by atoms with Crippen LogP contribution in [0.4, 0.5) is 0 Å². The molecule has 0 aliphatic heterocycles. The Morgan fingerprint density at radius 2 is 0.937 bits per heavy atom. The standard InChI is InChI=1S/C35H61N13O15/c1-14(36)28(57)41-13-22(51)42-15(2)30(59)47-25(17(4)49)33(62)43-16(3)29(58)45-20(8-10-23(52)53)31(60)46-21(9-11-24(54)55)32(61)48-26(18(5)50)34(63)44-19(27(37)56)7-6-12-40-35(38)39/h14-21,25-26,49-50H,6-13,36H2,1-5H3,(H2,37,56)(H,41,57)(H,42,51)(H,43,62)(H,44,63)(H,45,58)(H,46,60)(H,47,59)(H,48,61)(H,52,53)(H,54,55)(H4,38,39,40)/t14-,15-,16-,17+,18+,19-,20-,21-,25-,26-/m0/s1. The summed E-state index contributed by atoms with van der Waals surface area (Å²) in [6.07, 6.45) is -5.79. The van der Waals surface area contributed by atoms with Gasteiger partial charge in [0.1, 0.15) is 42.3 Å². The summed E-state index contributed by atoms with van der Waals surface area (Å²) in [5, 5.41) is 66.7. The second-order valence-electron chi connectivity index (χ2n) is 14.4. The number of carboxylic acid groups (broad SMARTS) is 2. The zero-order chi connectivity index (χ0) is 48.7. The highest BCUT2D eigenvalue weighted by Crippen LogP contribution is 2.07. The van der Waals surface area contributed by atoms with Crippen LogP contribution in [0.2, 0.25) is 0 Å². The van der Waals surface area contributed by atoms with E-state index in [-0.39, 0.29) is 25.3 Å². The van der Waals surface area contributed by atoms with Crippen molar-refractivity contribution >= 4 is 71.1 Å². The number of amides is 9. The SMILES string of the molecule is C[C@H](N)C(=O)NCC(=O)N[C@@H](C)C(=O)N[C@H](C(=O)N[C@@H](C)C(=O)N[C@@H](CCC(=O)O)C(=O)N[C@@H](CCC(=O)O)C(=O)N[C@H](C(=O)N[C@@H](CCCNC(=N)N)C(N)=O)[C@@H](C)O)[C@@H](C)O. The summed E-state index contributed by atoms with van der Waals surface area (Å²) in [6, 6.07) is -12.1. The van der Waals surface area contributed by atoms with Crippen molar-refractivity contribution in [2.45, 2.75) is 134 Å². The number of hydrogen-bond acceptors (Lipinski definition) is 15. The van der Waals surface area contributed by atoms with Crippen molar-refractivity contribution in [1.29, 1.82) is 5.41 Å². The summed E-state index contributed by atoms with van der Waals surface area (Å²) >= 11 is 0. The zero-order valence-electron chi connectivity index (χ0n) is 35.4. The van der Waals surface area contributed by atoms with Crippen molar-refractivity contribution in [3.63, 3.8) is 0 Å². The summed E-state index contributed by atoms with van der Waals surface area (Å²) in [7, 11) is 0. The fourth-order valence-corrected chi connectivity index (χ4v) is 5.12. The molecule has 0 spiro atoms. The number of aliphatic hydroxyl groups is 2. The molecule has 28 nitrogen and oxygen atoms in total. The van der Waals surface area contributed by atoms with E-state index < -0.39 is 158 Å². The molecule has 0 aliphatic rings. The van der Waals surface area contributed by atoms with Crippen molar-refractivity contribution < 1.29 is 73.2 Å². The van der Waals surface area contributed by atoms with E-state index >= 15 is 0 Å². The Hall–Kier alpha value is -6.68. The van der Waals surface area contributed by atoms with Crippen molar-refractivity contribution in [2.24, 2.45) is 17.2 Å². The molecule has 0 bridgehead atoms. The van der Waals surface area contributed by atoms with E-state index in [0.29, 0.717) is 0 Å². The monoisotopic (exact) mass is 903 g/mol. The van der Waals surface area contributed by atoms with Gasteiger partial charge in [-0.05, 0) is 60.3 Å². The fourth-order valence-electron chi connectivity index (χ4n) is 5.12. The first-order valence-electron chi connectivity index (χ1n) is 19.5. The minimum absolute atomic E-state index is 0.0530. The van der Waals surface area contributed by atoms with Gasteiger partial charge in [0, 0.05) is 19.4 Å². The summed E-state index contributed by atoms with van der Waals surface area (Å²) < 4.78 is 0. The van der Waals surface area contributed by atoms with E-state index in [1.807, 2.05) is 0 Å². The molecule has 0 aromatic heterocycles. The van der Waals surface area contributed by atoms with Gasteiger partial charge in [-0.15, -0.1) is 0 Å². The number of carboxylic acids is 2. The average Bonchev–Trinajstić information content (AvgIpc) is 3.17. The Bertz CT molecular complexity index is 1680. The number of primary amides is 1. The first-order valence-corrected chi connectivity index (χ1v) is 19.5. The quantitative estimate of drug-likeness (QED) is 0.0188. The average molecular weight is 904 g/mol. The summed E-state index contributed by atoms with van der Waals surface area (Å²) in [5.41, 5.74) is 16.0. The molecule has 0 rings (SSSR count). The molecule has 0 aromatic carbocycles. The molecular weight excluding hydrogens is 842 g/mol. The van der Waals surface area contributed by atoms with Gasteiger partial charge in [-0.3, -0.25) is 58.1 Å². The summed E-state index contributed by atoms with van der Waals surface area (Å²) in [5.74, 6) is -12.4. The highest BCUT2D eigenvalue weighted by molar-refractivity contribution is 5.98. The van der Waals surface area contributed by atoms with Crippen LogP contribution in [0.5, 0.6) is 0 Å². The maximum absolute atomic E-state index is 13.5. The molecule has 0 unspecified atom stereocenters. The smallest absolute Gasteiger partial charge is 0.303 e. The van der Waals surface area contributed by atoms with Gasteiger partial charge in [-0.25, -0.2) is 0 Å². The lowest BCUT2D eigenvalue weighted by Gasteiger charge is -2.28. The first-order chi connectivity index (χ1) is 29.2. The van der Waals surface area contributed by atoms with Gasteiger partial charge in [0.25, 0.3) is 0 Å². The van der Waals surface area contributed by atoms with Crippen LogP contribution in [0.25, 0.3) is 0 Å². The van der Waals surface area contributed by atoms with E-state index in [1.165, 1.54) is 13.8 Å². The number of nitrogens with two attached hydrogens (primary N) is 3. The van der Waals surface area contributed by atoms with Crippen LogP contribution in [0.3, 0.4) is 0 Å². The van der Waals surface area contributed by atoms with Crippen LogP contribution in [0.1, 0.15) is 73.1 Å². The van der Waals surface area contributed by atoms with Gasteiger partial charge in [0.15, 0.2) is 5.96 Å². The van der Waals surface area contributed by atoms with Crippen LogP contribution >= 0.6 is 0 Å². The highest BCUT2D eigenvalue weighted by Gasteiger charge is 2.35. The molecule has 0 radical (unpaired) electrons. The second-order valence-corrected chi connectivity index (χ2v) is 14.4. The minimum atomic E-state index is -1.80. The van der Waals surface area contributed by atoms with Gasteiger partial charge < -0.3 is 85.5 Å². The Balaban J connectivity index is 6.03. The molecule has 0 saturated heterocycles. The van der Waals surface area contributed by atoms with Gasteiger partial charge in [-0.2, -0.15) is 0 Å². The molecule has 28 heteroatoms. The topological polar surface area (TPSA) is 479 Å². The van der Waals surface area contributed by atoms with Crippen molar-refractivity contribution in [2.75, 3.05) is 13.1 Å². The third-order valence-corrected chi connectivity index (χ3v) is 8.69. The number of aliphatic carboxylic acids is 2. The van der Waals surface area contributed by atoms with Crippen LogP contribution in [0.15, 0.2) is 0 Å². The number of rotatable bonds is 29. The Kier molecular flexibility index (Phi) is 25.1. The molecule has 0 fully saturated rings. The number of carbonyl (C=O) groups is 11. The molecule has 0 heterocycles. The molecule has 0 aliphatic carbocycles. The number of hydrogen-bond donors (Lipinski definition) is 17. The molecule has 0 saturated carbocycles. The van der Waals surface area contributed by atoms with Crippen LogP contribution < -0.4 is 65.1 Å². The summed E-state index contributed by atoms with van der Waals surface area (Å²) in [6.45, 7) is 5.55. The lowest BCUT2D eigenvalue weighted by molar-refractivity contribution is -0.140. The van der Waals surface area contributed by atoms with Crippen molar-refractivity contribution in [3.8, 4) is 0 Å². The predicted octanol–water partition coefficient (Wildman–Crippen LogP) is -7.88. The maximum atomic E-state index is 13.5. The van der Waals surface area contributed by atoms with E-state index in [0.717, 1.165) is 20.8 Å². The van der Waals surface area contributed by atoms with Gasteiger partial charge in [0.2, 0.25) is 53.2 Å². The van der Waals surface area contributed by atoms with Gasteiger partial charge >= 0.3 is 11.9 Å². The summed E-state index contributed by atoms with van der Waals surface area (Å²) in [4.78, 5) is 138. The van der Waals surface area contributed by atoms with Crippen LogP contribution in [0, 0.1) is 5.41 Å². The maximum Gasteiger partial charge on any atom is 0.303 e. The van der Waals surface area contributed by atoms with Crippen LogP contribution in [-0.4, -0.2) is 165 Å². The molecule has 356 valence electrons. The van der Waals surface area contributed by atoms with Crippen LogP contribution in [-0.2, 0) is 52.7 Å². The second kappa shape index (κ2) is 28.0. The van der Waals surface area contributed by atoms with E-state index in [1.54, 1.807) is 0 Å². The number of carbonyl (C=O) groups excluding carboxylic acids is 9. The lowest BCUT2D eigenvalue weighted by atomic mass is 10.0. The van der Waals surface area contributed by atoms with E-state index in [4.69, 9.17) is 22.6 Å². The first kappa shape index (κ1) is 56.3. The van der Waals surface area contributed by atoms with E-state index in [2.05, 4.69) is 47.9 Å². The third-order valence-electron chi connectivity index (χ3n) is 8.69. The highest BCUT2D eigenvalue weighted by atomic mass is 16.4. The van der Waals surface area contributed by atoms with E-state index in [9.17, 15) is 73.2 Å². The van der Waals surface area contributed by atoms with Gasteiger partial charge in [0.05, 0.1) is 24.8 Å². The predicted molar refractivity (Wildman–Crippen MR) is 217 cm³/mol. The third kappa shape index (κ3) is 22.7. The molecular formula is C35H61N13O15. The van der Waals surface area contributed by atoms with Gasteiger partial charge in [-0.1, -0.05) is 0 Å². The van der Waals surface area contributed by atoms with Crippen molar-refractivity contribution in [3.05, 3.63) is 0 Å². The molecule has 20 N–H and O–H groups in total. The molecule has 10 atom stereocenters. The zero-order valence-corrected chi connectivity index (χ0v) is 35.4.